The monoisotopic (exact) mass is 582 g/mol. The van der Waals surface area contributed by atoms with Gasteiger partial charge in [0.2, 0.25) is 5.91 Å². The van der Waals surface area contributed by atoms with E-state index < -0.39 is 34.2 Å². The molecule has 41 heavy (non-hydrogen) atoms. The lowest BCUT2D eigenvalue weighted by molar-refractivity contribution is -0.137. The van der Waals surface area contributed by atoms with Gasteiger partial charge in [-0.1, -0.05) is 35.9 Å². The van der Waals surface area contributed by atoms with Crippen LogP contribution in [0.2, 0.25) is 0 Å². The third-order valence-electron chi connectivity index (χ3n) is 9.18. The minimum atomic E-state index is -4.67. The molecule has 4 aliphatic rings. The summed E-state index contributed by atoms with van der Waals surface area (Å²) < 4.78 is 68.3. The number of aryl methyl sites for hydroxylation is 1. The van der Waals surface area contributed by atoms with Crippen LogP contribution in [0.5, 0.6) is 0 Å². The van der Waals surface area contributed by atoms with E-state index in [1.165, 1.54) is 62.3 Å². The number of nitrogens with zero attached hydrogens (tertiary/aromatic N) is 1. The maximum absolute atomic E-state index is 13.6. The number of carbonyl (C=O) groups excluding carboxylic acids is 1. The van der Waals surface area contributed by atoms with Crippen molar-refractivity contribution in [3.05, 3.63) is 89.5 Å². The van der Waals surface area contributed by atoms with Crippen molar-refractivity contribution in [2.75, 3.05) is 16.2 Å². The number of anilines is 2. The molecular formula is C32H33F3N2O3S. The van der Waals surface area contributed by atoms with Gasteiger partial charge in [-0.2, -0.15) is 13.2 Å². The normalized spacial score (nSPS) is 25.2. The number of benzene rings is 3. The zero-order chi connectivity index (χ0) is 29.0. The number of rotatable bonds is 7. The molecule has 0 saturated heterocycles. The van der Waals surface area contributed by atoms with Crippen LogP contribution in [-0.4, -0.2) is 20.9 Å². The lowest BCUT2D eigenvalue weighted by Crippen LogP contribution is -2.48. The van der Waals surface area contributed by atoms with E-state index in [9.17, 15) is 26.4 Å². The van der Waals surface area contributed by atoms with Gasteiger partial charge in [-0.05, 0) is 117 Å². The second-order valence-corrected chi connectivity index (χ2v) is 14.1. The summed E-state index contributed by atoms with van der Waals surface area (Å²) in [4.78, 5) is 13.1. The van der Waals surface area contributed by atoms with Crippen molar-refractivity contribution in [2.24, 2.45) is 17.8 Å². The zero-order valence-electron chi connectivity index (χ0n) is 22.8. The summed E-state index contributed by atoms with van der Waals surface area (Å²) in [5.41, 5.74) is 1.60. The van der Waals surface area contributed by atoms with Gasteiger partial charge in [0.05, 0.1) is 16.1 Å². The van der Waals surface area contributed by atoms with Crippen LogP contribution in [0.15, 0.2) is 77.7 Å². The predicted octanol–water partition coefficient (Wildman–Crippen LogP) is 7.32. The maximum Gasteiger partial charge on any atom is 0.416 e. The minimum absolute atomic E-state index is 0.117. The Labute approximate surface area is 238 Å². The van der Waals surface area contributed by atoms with E-state index >= 15 is 0 Å². The molecule has 4 fully saturated rings. The molecule has 7 rings (SSSR count). The summed E-state index contributed by atoms with van der Waals surface area (Å²) >= 11 is 0. The quantitative estimate of drug-likeness (QED) is 0.318. The van der Waals surface area contributed by atoms with Crippen molar-refractivity contribution < 1.29 is 26.4 Å². The van der Waals surface area contributed by atoms with Crippen molar-refractivity contribution >= 4 is 27.3 Å². The average Bonchev–Trinajstić information content (AvgIpc) is 2.91. The predicted molar refractivity (Wildman–Crippen MR) is 152 cm³/mol. The fourth-order valence-corrected chi connectivity index (χ4v) is 9.10. The number of amides is 1. The molecule has 4 aliphatic carbocycles. The maximum atomic E-state index is 13.6. The van der Waals surface area contributed by atoms with Crippen molar-refractivity contribution in [1.82, 2.24) is 0 Å². The van der Waals surface area contributed by atoms with Crippen molar-refractivity contribution in [3.8, 4) is 0 Å². The molecule has 0 unspecified atom stereocenters. The summed E-state index contributed by atoms with van der Waals surface area (Å²) in [6.07, 6.45) is 3.02. The molecule has 4 saturated carbocycles. The van der Waals surface area contributed by atoms with Gasteiger partial charge in [0.1, 0.15) is 6.54 Å². The van der Waals surface area contributed by atoms with Crippen LogP contribution in [0.25, 0.3) is 0 Å². The second kappa shape index (κ2) is 10.2. The summed E-state index contributed by atoms with van der Waals surface area (Å²) in [5.74, 6) is 1.76. The van der Waals surface area contributed by atoms with Crippen molar-refractivity contribution in [1.29, 1.82) is 0 Å². The van der Waals surface area contributed by atoms with Crippen molar-refractivity contribution in [3.63, 3.8) is 0 Å². The molecule has 0 heterocycles. The van der Waals surface area contributed by atoms with Crippen molar-refractivity contribution in [2.45, 2.75) is 61.9 Å². The number of hydrogen-bond acceptors (Lipinski definition) is 3. The highest BCUT2D eigenvalue weighted by Crippen LogP contribution is 2.60. The summed E-state index contributed by atoms with van der Waals surface area (Å²) in [7, 11) is -4.35. The smallest absolute Gasteiger partial charge is 0.325 e. The molecule has 3 aromatic carbocycles. The highest BCUT2D eigenvalue weighted by molar-refractivity contribution is 7.92. The van der Waals surface area contributed by atoms with E-state index in [0.29, 0.717) is 5.69 Å². The Kier molecular flexibility index (Phi) is 6.91. The molecule has 0 radical (unpaired) electrons. The van der Waals surface area contributed by atoms with Gasteiger partial charge in [0, 0.05) is 5.69 Å². The van der Waals surface area contributed by atoms with Gasteiger partial charge in [0.25, 0.3) is 10.0 Å². The molecule has 9 heteroatoms. The van der Waals surface area contributed by atoms with Crippen LogP contribution in [0, 0.1) is 24.7 Å². The Bertz CT molecular complexity index is 1510. The molecular weight excluding hydrogens is 549 g/mol. The Hall–Kier alpha value is -3.33. The molecule has 3 aromatic rings. The van der Waals surface area contributed by atoms with Gasteiger partial charge in [-0.15, -0.1) is 0 Å². The third kappa shape index (κ3) is 5.48. The van der Waals surface area contributed by atoms with E-state index in [4.69, 9.17) is 0 Å². The van der Waals surface area contributed by atoms with E-state index in [2.05, 4.69) is 17.4 Å². The fraction of sp³-hybridized carbons (Fsp3) is 0.406. The van der Waals surface area contributed by atoms with Crippen LogP contribution in [-0.2, 0) is 26.4 Å². The highest BCUT2D eigenvalue weighted by Gasteiger charge is 2.51. The van der Waals surface area contributed by atoms with Crippen LogP contribution >= 0.6 is 0 Å². The Morgan fingerprint density at radius 1 is 0.902 bits per heavy atom. The number of carbonyl (C=O) groups is 1. The fourth-order valence-electron chi connectivity index (χ4n) is 7.69. The Morgan fingerprint density at radius 2 is 1.49 bits per heavy atom. The standard InChI is InChI=1S/C32H33F3N2O3S/c1-21-5-11-29(12-6-21)41(39,40)37(28-4-2-3-26(16-28)32(33,34)35)20-30(38)36-27-9-7-25(8-10-27)31-17-22-13-23(18-31)15-24(14-22)19-31/h2-12,16,22-24H,13-15,17-20H2,1H3,(H,36,38). The molecule has 216 valence electrons. The largest absolute Gasteiger partial charge is 0.416 e. The number of halogens is 3. The number of hydrogen-bond donors (Lipinski definition) is 1. The van der Waals surface area contributed by atoms with Gasteiger partial charge < -0.3 is 5.32 Å². The Morgan fingerprint density at radius 3 is 2.05 bits per heavy atom. The van der Waals surface area contributed by atoms with Crippen LogP contribution < -0.4 is 9.62 Å². The van der Waals surface area contributed by atoms with E-state index in [1.807, 2.05) is 12.1 Å². The van der Waals surface area contributed by atoms with Gasteiger partial charge in [-0.25, -0.2) is 8.42 Å². The van der Waals surface area contributed by atoms with Crippen LogP contribution in [0.4, 0.5) is 24.5 Å². The van der Waals surface area contributed by atoms with E-state index in [0.717, 1.165) is 45.8 Å². The number of nitrogens with one attached hydrogen (secondary N) is 1. The van der Waals surface area contributed by atoms with Crippen LogP contribution in [0.3, 0.4) is 0 Å². The number of alkyl halides is 3. The first-order chi connectivity index (χ1) is 19.4. The van der Waals surface area contributed by atoms with E-state index in [-0.39, 0.29) is 16.0 Å². The molecule has 4 bridgehead atoms. The highest BCUT2D eigenvalue weighted by atomic mass is 32.2. The lowest BCUT2D eigenvalue weighted by Gasteiger charge is -2.57. The minimum Gasteiger partial charge on any atom is -0.325 e. The average molecular weight is 583 g/mol. The molecule has 0 aromatic heterocycles. The molecule has 1 N–H and O–H groups in total. The first-order valence-electron chi connectivity index (χ1n) is 14.1. The van der Waals surface area contributed by atoms with Gasteiger partial charge >= 0.3 is 6.18 Å². The summed E-state index contributed by atoms with van der Waals surface area (Å²) in [6, 6.07) is 17.8. The topological polar surface area (TPSA) is 66.5 Å². The SMILES string of the molecule is Cc1ccc(S(=O)(=O)N(CC(=O)Nc2ccc(C34CC5CC(CC(C5)C3)C4)cc2)c2cccc(C(F)(F)F)c2)cc1. The molecule has 0 spiro atoms. The third-order valence-corrected chi connectivity index (χ3v) is 11.0. The molecule has 0 aliphatic heterocycles. The van der Waals surface area contributed by atoms with Gasteiger partial charge in [0.15, 0.2) is 0 Å². The summed E-state index contributed by atoms with van der Waals surface area (Å²) in [6.45, 7) is 1.11. The zero-order valence-corrected chi connectivity index (χ0v) is 23.6. The second-order valence-electron chi connectivity index (χ2n) is 12.2. The van der Waals surface area contributed by atoms with E-state index in [1.54, 1.807) is 19.1 Å². The van der Waals surface area contributed by atoms with Gasteiger partial charge in [-0.3, -0.25) is 9.10 Å². The Balaban J connectivity index is 1.24. The molecule has 1 amide bonds. The molecule has 5 nitrogen and oxygen atoms in total. The lowest BCUT2D eigenvalue weighted by atomic mass is 9.48. The first-order valence-corrected chi connectivity index (χ1v) is 15.5. The summed E-state index contributed by atoms with van der Waals surface area (Å²) in [5, 5.41) is 2.75. The number of sulfonamides is 1. The first kappa shape index (κ1) is 27.8. The van der Waals surface area contributed by atoms with Crippen LogP contribution in [0.1, 0.15) is 55.2 Å². The molecule has 0 atom stereocenters.